The number of benzene rings is 1. The van der Waals surface area contributed by atoms with Crippen molar-refractivity contribution in [3.63, 3.8) is 0 Å². The summed E-state index contributed by atoms with van der Waals surface area (Å²) in [4.78, 5) is 1.32. The van der Waals surface area contributed by atoms with Gasteiger partial charge < -0.3 is 5.73 Å². The summed E-state index contributed by atoms with van der Waals surface area (Å²) in [6, 6.07) is 6.41. The Balaban J connectivity index is 2.52. The first-order valence-corrected chi connectivity index (χ1v) is 7.02. The van der Waals surface area contributed by atoms with E-state index in [1.165, 1.54) is 22.6 Å². The van der Waals surface area contributed by atoms with Crippen molar-refractivity contribution < 1.29 is 0 Å². The van der Waals surface area contributed by atoms with Crippen LogP contribution in [-0.2, 0) is 6.54 Å². The standard InChI is InChI=1S/C12H18BrNS/c1-9(2)5-6-15-11-4-3-10(8-14)12(13)7-11/h3-4,7,9H,5-6,8,14H2,1-2H3. The van der Waals surface area contributed by atoms with E-state index in [4.69, 9.17) is 5.73 Å². The maximum absolute atomic E-state index is 5.60. The van der Waals surface area contributed by atoms with Gasteiger partial charge in [-0.05, 0) is 35.8 Å². The van der Waals surface area contributed by atoms with E-state index < -0.39 is 0 Å². The summed E-state index contributed by atoms with van der Waals surface area (Å²) in [5.74, 6) is 1.97. The van der Waals surface area contributed by atoms with Crippen molar-refractivity contribution in [3.05, 3.63) is 28.2 Å². The summed E-state index contributed by atoms with van der Waals surface area (Å²) < 4.78 is 1.12. The molecule has 15 heavy (non-hydrogen) atoms. The number of nitrogens with two attached hydrogens (primary N) is 1. The molecule has 1 nitrogen and oxygen atoms in total. The first-order chi connectivity index (χ1) is 7.13. The van der Waals surface area contributed by atoms with Crippen molar-refractivity contribution in [2.45, 2.75) is 31.7 Å². The van der Waals surface area contributed by atoms with Gasteiger partial charge in [0, 0.05) is 15.9 Å². The number of halogens is 1. The molecule has 0 fully saturated rings. The van der Waals surface area contributed by atoms with Crippen LogP contribution in [0.2, 0.25) is 0 Å². The lowest BCUT2D eigenvalue weighted by atomic mass is 10.2. The number of thioether (sulfide) groups is 1. The predicted octanol–water partition coefficient (Wildman–Crippen LogP) is 4.05. The number of rotatable bonds is 5. The zero-order chi connectivity index (χ0) is 11.3. The summed E-state index contributed by atoms with van der Waals surface area (Å²) in [7, 11) is 0. The van der Waals surface area contributed by atoms with E-state index in [0.717, 1.165) is 10.4 Å². The van der Waals surface area contributed by atoms with Crippen LogP contribution in [0.1, 0.15) is 25.8 Å². The molecule has 0 atom stereocenters. The fourth-order valence-corrected chi connectivity index (χ4v) is 3.08. The SMILES string of the molecule is CC(C)CCSc1ccc(CN)c(Br)c1. The molecule has 2 N–H and O–H groups in total. The first-order valence-electron chi connectivity index (χ1n) is 5.24. The van der Waals surface area contributed by atoms with E-state index in [-0.39, 0.29) is 0 Å². The molecule has 1 rings (SSSR count). The lowest BCUT2D eigenvalue weighted by Crippen LogP contribution is -1.97. The lowest BCUT2D eigenvalue weighted by Gasteiger charge is -2.06. The molecule has 0 unspecified atom stereocenters. The zero-order valence-electron chi connectivity index (χ0n) is 9.29. The predicted molar refractivity (Wildman–Crippen MR) is 72.2 cm³/mol. The Hall–Kier alpha value is 0.01000. The highest BCUT2D eigenvalue weighted by atomic mass is 79.9. The molecular formula is C12H18BrNS. The van der Waals surface area contributed by atoms with E-state index in [9.17, 15) is 0 Å². The van der Waals surface area contributed by atoms with Crippen LogP contribution >= 0.6 is 27.7 Å². The molecule has 0 radical (unpaired) electrons. The summed E-state index contributed by atoms with van der Waals surface area (Å²) in [5, 5.41) is 0. The minimum atomic E-state index is 0.595. The molecule has 0 amide bonds. The van der Waals surface area contributed by atoms with Crippen LogP contribution in [0, 0.1) is 5.92 Å². The highest BCUT2D eigenvalue weighted by molar-refractivity contribution is 9.10. The van der Waals surface area contributed by atoms with Crippen LogP contribution in [-0.4, -0.2) is 5.75 Å². The van der Waals surface area contributed by atoms with Crippen molar-refractivity contribution in [1.82, 2.24) is 0 Å². The molecule has 0 saturated carbocycles. The smallest absolute Gasteiger partial charge is 0.0231 e. The lowest BCUT2D eigenvalue weighted by molar-refractivity contribution is 0.632. The van der Waals surface area contributed by atoms with E-state index in [1.807, 2.05) is 11.8 Å². The Morgan fingerprint density at radius 2 is 2.13 bits per heavy atom. The van der Waals surface area contributed by atoms with Crippen LogP contribution in [0.4, 0.5) is 0 Å². The summed E-state index contributed by atoms with van der Waals surface area (Å²) in [5.41, 5.74) is 6.77. The van der Waals surface area contributed by atoms with E-state index in [1.54, 1.807) is 0 Å². The normalized spacial score (nSPS) is 11.0. The van der Waals surface area contributed by atoms with Crippen molar-refractivity contribution in [2.24, 2.45) is 11.7 Å². The van der Waals surface area contributed by atoms with Gasteiger partial charge in [-0.15, -0.1) is 11.8 Å². The van der Waals surface area contributed by atoms with E-state index in [2.05, 4.69) is 48.0 Å². The largest absolute Gasteiger partial charge is 0.326 e. The Morgan fingerprint density at radius 1 is 1.40 bits per heavy atom. The zero-order valence-corrected chi connectivity index (χ0v) is 11.7. The van der Waals surface area contributed by atoms with Crippen molar-refractivity contribution in [1.29, 1.82) is 0 Å². The van der Waals surface area contributed by atoms with Gasteiger partial charge in [0.25, 0.3) is 0 Å². The van der Waals surface area contributed by atoms with Crippen LogP contribution in [0.15, 0.2) is 27.6 Å². The topological polar surface area (TPSA) is 26.0 Å². The second kappa shape index (κ2) is 6.56. The van der Waals surface area contributed by atoms with Gasteiger partial charge in [0.1, 0.15) is 0 Å². The van der Waals surface area contributed by atoms with Crippen molar-refractivity contribution in [2.75, 3.05) is 5.75 Å². The minimum absolute atomic E-state index is 0.595. The summed E-state index contributed by atoms with van der Waals surface area (Å²) >= 11 is 5.45. The average molecular weight is 288 g/mol. The van der Waals surface area contributed by atoms with Crippen LogP contribution in [0.25, 0.3) is 0 Å². The summed E-state index contributed by atoms with van der Waals surface area (Å²) in [6.07, 6.45) is 1.26. The Bertz CT molecular complexity index is 312. The van der Waals surface area contributed by atoms with Gasteiger partial charge in [-0.3, -0.25) is 0 Å². The third-order valence-electron chi connectivity index (χ3n) is 2.21. The number of hydrogen-bond acceptors (Lipinski definition) is 2. The number of hydrogen-bond donors (Lipinski definition) is 1. The fraction of sp³-hybridized carbons (Fsp3) is 0.500. The molecule has 0 spiro atoms. The van der Waals surface area contributed by atoms with Crippen LogP contribution < -0.4 is 5.73 Å². The molecule has 0 bridgehead atoms. The molecule has 0 aromatic heterocycles. The van der Waals surface area contributed by atoms with Crippen molar-refractivity contribution >= 4 is 27.7 Å². The van der Waals surface area contributed by atoms with Gasteiger partial charge in [-0.1, -0.05) is 35.8 Å². The molecule has 0 aliphatic carbocycles. The molecule has 1 aromatic rings. The molecule has 0 aliphatic rings. The van der Waals surface area contributed by atoms with Gasteiger partial charge in [0.15, 0.2) is 0 Å². The monoisotopic (exact) mass is 287 g/mol. The molecule has 0 aliphatic heterocycles. The Labute approximate surface area is 105 Å². The van der Waals surface area contributed by atoms with Crippen LogP contribution in [0.3, 0.4) is 0 Å². The van der Waals surface area contributed by atoms with Crippen molar-refractivity contribution in [3.8, 4) is 0 Å². The summed E-state index contributed by atoms with van der Waals surface area (Å²) in [6.45, 7) is 5.11. The van der Waals surface area contributed by atoms with Gasteiger partial charge in [-0.2, -0.15) is 0 Å². The maximum atomic E-state index is 5.60. The molecule has 84 valence electrons. The Kier molecular flexibility index (Phi) is 5.72. The van der Waals surface area contributed by atoms with E-state index in [0.29, 0.717) is 6.54 Å². The second-order valence-corrected chi connectivity index (χ2v) is 6.01. The molecule has 0 heterocycles. The molecule has 1 aromatic carbocycles. The second-order valence-electron chi connectivity index (χ2n) is 3.99. The third kappa shape index (κ3) is 4.58. The van der Waals surface area contributed by atoms with E-state index >= 15 is 0 Å². The third-order valence-corrected chi connectivity index (χ3v) is 3.97. The Morgan fingerprint density at radius 3 is 2.67 bits per heavy atom. The molecule has 0 saturated heterocycles. The average Bonchev–Trinajstić information content (AvgIpc) is 2.17. The molecule has 3 heteroatoms. The quantitative estimate of drug-likeness (QED) is 0.827. The highest BCUT2D eigenvalue weighted by Gasteiger charge is 2.01. The maximum Gasteiger partial charge on any atom is 0.0231 e. The van der Waals surface area contributed by atoms with Gasteiger partial charge in [-0.25, -0.2) is 0 Å². The highest BCUT2D eigenvalue weighted by Crippen LogP contribution is 2.26. The van der Waals surface area contributed by atoms with Gasteiger partial charge in [0.05, 0.1) is 0 Å². The fourth-order valence-electron chi connectivity index (χ4n) is 1.20. The first kappa shape index (κ1) is 13.1. The van der Waals surface area contributed by atoms with Gasteiger partial charge >= 0.3 is 0 Å². The minimum Gasteiger partial charge on any atom is -0.326 e. The van der Waals surface area contributed by atoms with Gasteiger partial charge in [0.2, 0.25) is 0 Å². The molecular weight excluding hydrogens is 270 g/mol. The van der Waals surface area contributed by atoms with Crippen LogP contribution in [0.5, 0.6) is 0 Å².